The van der Waals surface area contributed by atoms with Crippen LogP contribution < -0.4 is 5.56 Å². The molecule has 2 aromatic heterocycles. The Hall–Kier alpha value is -2.85. The van der Waals surface area contributed by atoms with Crippen LogP contribution in [-0.2, 0) is 13.6 Å². The molecule has 4 aromatic rings. The summed E-state index contributed by atoms with van der Waals surface area (Å²) in [7, 11) is 1.87. The van der Waals surface area contributed by atoms with Crippen LogP contribution in [0.15, 0.2) is 65.5 Å². The van der Waals surface area contributed by atoms with E-state index in [2.05, 4.69) is 5.10 Å². The Balaban J connectivity index is 1.98. The third-order valence-electron chi connectivity index (χ3n) is 4.57. The average Bonchev–Trinajstić information content (AvgIpc) is 2.92. The topological polar surface area (TPSA) is 39.8 Å². The molecule has 0 aliphatic heterocycles. The molecule has 0 bridgehead atoms. The summed E-state index contributed by atoms with van der Waals surface area (Å²) in [5, 5.41) is 6.23. The number of hydrogen-bond acceptors (Lipinski definition) is 2. The lowest BCUT2D eigenvalue weighted by Gasteiger charge is -2.12. The Morgan fingerprint density at radius 1 is 1.04 bits per heavy atom. The second kappa shape index (κ2) is 6.46. The molecule has 0 aliphatic rings. The maximum Gasteiger partial charge on any atom is 0.253 e. The number of aromatic nitrogens is 3. The summed E-state index contributed by atoms with van der Waals surface area (Å²) in [4.78, 5) is 13.0. The number of nitrogens with zero attached hydrogens (tertiary/aromatic N) is 3. The maximum absolute atomic E-state index is 13.0. The monoisotopic (exact) mass is 363 g/mol. The zero-order chi connectivity index (χ0) is 18.3. The first-order chi connectivity index (χ1) is 12.5. The highest BCUT2D eigenvalue weighted by Crippen LogP contribution is 2.29. The first-order valence-electron chi connectivity index (χ1n) is 8.41. The first-order valence-corrected chi connectivity index (χ1v) is 8.79. The highest BCUT2D eigenvalue weighted by molar-refractivity contribution is 6.30. The van der Waals surface area contributed by atoms with Crippen LogP contribution in [0.5, 0.6) is 0 Å². The fraction of sp³-hybridized carbons (Fsp3) is 0.143. The third kappa shape index (κ3) is 2.82. The van der Waals surface area contributed by atoms with Gasteiger partial charge in [0.05, 0.1) is 12.2 Å². The van der Waals surface area contributed by atoms with E-state index in [1.807, 2.05) is 68.6 Å². The molecule has 0 saturated heterocycles. The van der Waals surface area contributed by atoms with Crippen LogP contribution in [0.3, 0.4) is 0 Å². The van der Waals surface area contributed by atoms with Crippen LogP contribution in [0.2, 0.25) is 5.02 Å². The molecule has 2 aromatic carbocycles. The van der Waals surface area contributed by atoms with Gasteiger partial charge in [-0.2, -0.15) is 5.10 Å². The number of aryl methyl sites for hydroxylation is 2. The molecular formula is C21H18ClN3O. The molecule has 26 heavy (non-hydrogen) atoms. The van der Waals surface area contributed by atoms with Crippen LogP contribution in [0.4, 0.5) is 0 Å². The van der Waals surface area contributed by atoms with Gasteiger partial charge in [-0.3, -0.25) is 14.0 Å². The summed E-state index contributed by atoms with van der Waals surface area (Å²) in [5.74, 6) is 0. The molecule has 0 spiro atoms. The molecule has 0 saturated carbocycles. The molecule has 0 fully saturated rings. The van der Waals surface area contributed by atoms with Crippen molar-refractivity contribution >= 4 is 22.6 Å². The van der Waals surface area contributed by atoms with E-state index in [1.54, 1.807) is 15.3 Å². The van der Waals surface area contributed by atoms with Gasteiger partial charge in [-0.25, -0.2) is 0 Å². The molecule has 0 aliphatic carbocycles. The van der Waals surface area contributed by atoms with Crippen LogP contribution >= 0.6 is 11.6 Å². The first kappa shape index (κ1) is 16.6. The minimum absolute atomic E-state index is 0.0562. The van der Waals surface area contributed by atoms with Gasteiger partial charge in [-0.1, -0.05) is 54.1 Å². The summed E-state index contributed by atoms with van der Waals surface area (Å²) < 4.78 is 3.54. The number of pyridine rings is 1. The quantitative estimate of drug-likeness (QED) is 0.540. The largest absolute Gasteiger partial charge is 0.288 e. The fourth-order valence-corrected chi connectivity index (χ4v) is 3.68. The molecule has 130 valence electrons. The highest BCUT2D eigenvalue weighted by Gasteiger charge is 2.17. The zero-order valence-electron chi connectivity index (χ0n) is 14.6. The molecule has 5 heteroatoms. The summed E-state index contributed by atoms with van der Waals surface area (Å²) in [6.45, 7) is 2.42. The van der Waals surface area contributed by atoms with Gasteiger partial charge in [0.25, 0.3) is 5.56 Å². The van der Waals surface area contributed by atoms with Crippen molar-refractivity contribution in [1.82, 2.24) is 14.3 Å². The molecule has 0 atom stereocenters. The molecule has 0 radical (unpaired) electrons. The summed E-state index contributed by atoms with van der Waals surface area (Å²) in [6, 6.07) is 19.2. The minimum atomic E-state index is -0.0562. The van der Waals surface area contributed by atoms with Crippen molar-refractivity contribution in [3.05, 3.63) is 87.3 Å². The second-order valence-electron chi connectivity index (χ2n) is 6.39. The average molecular weight is 364 g/mol. The van der Waals surface area contributed by atoms with E-state index in [1.165, 1.54) is 0 Å². The van der Waals surface area contributed by atoms with Crippen molar-refractivity contribution in [1.29, 1.82) is 0 Å². The van der Waals surface area contributed by atoms with E-state index >= 15 is 0 Å². The normalized spacial score (nSPS) is 11.2. The lowest BCUT2D eigenvalue weighted by molar-refractivity contribution is 0.709. The molecule has 0 amide bonds. The van der Waals surface area contributed by atoms with Crippen molar-refractivity contribution in [2.75, 3.05) is 0 Å². The molecular weight excluding hydrogens is 346 g/mol. The van der Waals surface area contributed by atoms with Crippen LogP contribution in [-0.4, -0.2) is 14.3 Å². The van der Waals surface area contributed by atoms with E-state index in [9.17, 15) is 4.79 Å². The van der Waals surface area contributed by atoms with Crippen LogP contribution in [0.1, 0.15) is 11.3 Å². The van der Waals surface area contributed by atoms with Gasteiger partial charge in [-0.15, -0.1) is 0 Å². The minimum Gasteiger partial charge on any atom is -0.288 e. The Morgan fingerprint density at radius 3 is 2.54 bits per heavy atom. The Kier molecular flexibility index (Phi) is 4.13. The van der Waals surface area contributed by atoms with Gasteiger partial charge in [0, 0.05) is 23.5 Å². The molecule has 4 rings (SSSR count). The highest BCUT2D eigenvalue weighted by atomic mass is 35.5. The van der Waals surface area contributed by atoms with Crippen LogP contribution in [0, 0.1) is 6.92 Å². The Labute approximate surface area is 156 Å². The van der Waals surface area contributed by atoms with E-state index in [0.717, 1.165) is 33.4 Å². The van der Waals surface area contributed by atoms with Crippen molar-refractivity contribution in [2.24, 2.45) is 7.05 Å². The SMILES string of the molecule is Cc1nn(C)c2c1c(-c1ccccc1)cc(=O)n2Cc1cccc(Cl)c1. The fourth-order valence-electron chi connectivity index (χ4n) is 3.46. The van der Waals surface area contributed by atoms with Gasteiger partial charge < -0.3 is 0 Å². The smallest absolute Gasteiger partial charge is 0.253 e. The van der Waals surface area contributed by atoms with Gasteiger partial charge in [0.2, 0.25) is 0 Å². The zero-order valence-corrected chi connectivity index (χ0v) is 15.4. The number of hydrogen-bond donors (Lipinski definition) is 0. The summed E-state index contributed by atoms with van der Waals surface area (Å²) >= 11 is 6.10. The Morgan fingerprint density at radius 2 is 1.81 bits per heavy atom. The van der Waals surface area contributed by atoms with Gasteiger partial charge in [0.15, 0.2) is 0 Å². The van der Waals surface area contributed by atoms with Gasteiger partial charge in [-0.05, 0) is 35.7 Å². The predicted octanol–water partition coefficient (Wildman–Crippen LogP) is 4.41. The maximum atomic E-state index is 13.0. The van der Waals surface area contributed by atoms with Crippen LogP contribution in [0.25, 0.3) is 22.2 Å². The second-order valence-corrected chi connectivity index (χ2v) is 6.82. The molecule has 2 heterocycles. The summed E-state index contributed by atoms with van der Waals surface area (Å²) in [6.07, 6.45) is 0. The van der Waals surface area contributed by atoms with Gasteiger partial charge in [0.1, 0.15) is 5.65 Å². The van der Waals surface area contributed by atoms with E-state index in [-0.39, 0.29) is 5.56 Å². The number of fused-ring (bicyclic) bond motifs is 1. The molecule has 4 nitrogen and oxygen atoms in total. The third-order valence-corrected chi connectivity index (χ3v) is 4.80. The summed E-state index contributed by atoms with van der Waals surface area (Å²) in [5.41, 5.74) is 4.57. The number of rotatable bonds is 3. The molecule has 0 unspecified atom stereocenters. The predicted molar refractivity (Wildman–Crippen MR) is 106 cm³/mol. The van der Waals surface area contributed by atoms with Gasteiger partial charge >= 0.3 is 0 Å². The van der Waals surface area contributed by atoms with E-state index in [0.29, 0.717) is 11.6 Å². The van der Waals surface area contributed by atoms with E-state index in [4.69, 9.17) is 11.6 Å². The lowest BCUT2D eigenvalue weighted by Crippen LogP contribution is -2.22. The van der Waals surface area contributed by atoms with Crippen molar-refractivity contribution in [2.45, 2.75) is 13.5 Å². The number of halogens is 1. The molecule has 0 N–H and O–H groups in total. The lowest BCUT2D eigenvalue weighted by atomic mass is 10.0. The Bertz CT molecular complexity index is 1160. The van der Waals surface area contributed by atoms with Crippen molar-refractivity contribution < 1.29 is 0 Å². The number of benzene rings is 2. The van der Waals surface area contributed by atoms with Crippen molar-refractivity contribution in [3.63, 3.8) is 0 Å². The standard InChI is InChI=1S/C21H18ClN3O/c1-14-20-18(16-8-4-3-5-9-16)12-19(26)25(21(20)24(2)23-14)13-15-7-6-10-17(22)11-15/h3-12H,13H2,1-2H3. The van der Waals surface area contributed by atoms with Crippen molar-refractivity contribution in [3.8, 4) is 11.1 Å². The van der Waals surface area contributed by atoms with E-state index < -0.39 is 0 Å².